The smallest absolute Gasteiger partial charge is 0.320 e. The third kappa shape index (κ3) is 1.87. The van der Waals surface area contributed by atoms with Crippen molar-refractivity contribution in [1.29, 1.82) is 0 Å². The number of halogens is 1. The van der Waals surface area contributed by atoms with E-state index in [1.165, 1.54) is 11.3 Å². The van der Waals surface area contributed by atoms with Gasteiger partial charge in [-0.15, -0.1) is 16.4 Å². The number of thiophene rings is 1. The molecule has 0 radical (unpaired) electrons. The average Bonchev–Trinajstić information content (AvgIpc) is 2.77. The minimum Gasteiger partial charge on any atom is -0.406 e. The van der Waals surface area contributed by atoms with Crippen LogP contribution < -0.4 is 11.1 Å². The molecule has 0 aliphatic heterocycles. The van der Waals surface area contributed by atoms with Gasteiger partial charge >= 0.3 is 6.01 Å². The molecular weight excluding hydrogens is 224 g/mol. The number of nitrogens with two attached hydrogens (primary N) is 1. The predicted octanol–water partition coefficient (Wildman–Crippen LogP) is 1.99. The van der Waals surface area contributed by atoms with Crippen molar-refractivity contribution in [1.82, 2.24) is 10.2 Å². The van der Waals surface area contributed by atoms with Gasteiger partial charge in [-0.25, -0.2) is 0 Å². The minimum atomic E-state index is 0.228. The Morgan fingerprint density at radius 2 is 2.43 bits per heavy atom. The molecular formula is C7H7ClN4OS. The van der Waals surface area contributed by atoms with Gasteiger partial charge in [0, 0.05) is 0 Å². The molecule has 2 aromatic rings. The molecule has 0 spiro atoms. The van der Waals surface area contributed by atoms with Gasteiger partial charge in [-0.2, -0.15) is 0 Å². The molecule has 0 amide bonds. The SMILES string of the molecule is NCc1nnc(Nc2ccsc2Cl)o1. The zero-order chi connectivity index (χ0) is 9.97. The van der Waals surface area contributed by atoms with Crippen molar-refractivity contribution < 1.29 is 4.42 Å². The van der Waals surface area contributed by atoms with Gasteiger partial charge in [0.15, 0.2) is 0 Å². The van der Waals surface area contributed by atoms with Crippen LogP contribution in [0.15, 0.2) is 15.9 Å². The summed E-state index contributed by atoms with van der Waals surface area (Å²) >= 11 is 7.30. The second-order valence-electron chi connectivity index (χ2n) is 2.44. The van der Waals surface area contributed by atoms with E-state index >= 15 is 0 Å². The Labute approximate surface area is 88.9 Å². The Morgan fingerprint density at radius 3 is 3.00 bits per heavy atom. The molecule has 74 valence electrons. The fraction of sp³-hybridized carbons (Fsp3) is 0.143. The van der Waals surface area contributed by atoms with Gasteiger partial charge in [-0.1, -0.05) is 16.7 Å². The van der Waals surface area contributed by atoms with Gasteiger partial charge in [-0.3, -0.25) is 0 Å². The first-order chi connectivity index (χ1) is 6.79. The fourth-order valence-electron chi connectivity index (χ4n) is 0.883. The number of hydrogen-bond acceptors (Lipinski definition) is 6. The lowest BCUT2D eigenvalue weighted by molar-refractivity contribution is 0.511. The molecule has 0 fully saturated rings. The van der Waals surface area contributed by atoms with Crippen molar-refractivity contribution in [2.75, 3.05) is 5.32 Å². The molecule has 7 heteroatoms. The largest absolute Gasteiger partial charge is 0.406 e. The summed E-state index contributed by atoms with van der Waals surface area (Å²) in [6.45, 7) is 0.228. The van der Waals surface area contributed by atoms with E-state index < -0.39 is 0 Å². The van der Waals surface area contributed by atoms with E-state index in [1.807, 2.05) is 11.4 Å². The van der Waals surface area contributed by atoms with Crippen molar-refractivity contribution in [3.8, 4) is 0 Å². The molecule has 0 bridgehead atoms. The van der Waals surface area contributed by atoms with E-state index in [9.17, 15) is 0 Å². The van der Waals surface area contributed by atoms with Crippen LogP contribution in [0.2, 0.25) is 4.34 Å². The van der Waals surface area contributed by atoms with Crippen LogP contribution >= 0.6 is 22.9 Å². The second kappa shape index (κ2) is 3.95. The maximum atomic E-state index is 5.87. The van der Waals surface area contributed by atoms with E-state index in [2.05, 4.69) is 15.5 Å². The van der Waals surface area contributed by atoms with Crippen LogP contribution in [-0.2, 0) is 6.54 Å². The van der Waals surface area contributed by atoms with E-state index in [-0.39, 0.29) is 6.54 Å². The first-order valence-corrected chi connectivity index (χ1v) is 5.08. The molecule has 0 aliphatic rings. The van der Waals surface area contributed by atoms with Gasteiger partial charge in [0.05, 0.1) is 12.2 Å². The van der Waals surface area contributed by atoms with Gasteiger partial charge in [-0.05, 0) is 11.4 Å². The molecule has 2 aromatic heterocycles. The summed E-state index contributed by atoms with van der Waals surface area (Å²) in [5.74, 6) is 0.388. The van der Waals surface area contributed by atoms with Crippen LogP contribution in [0.25, 0.3) is 0 Å². The standard InChI is InChI=1S/C7H7ClN4OS/c8-6-4(1-2-14-6)10-7-12-11-5(3-9)13-7/h1-2H,3,9H2,(H,10,12). The maximum Gasteiger partial charge on any atom is 0.320 e. The third-order valence-corrected chi connectivity index (χ3v) is 2.67. The number of hydrogen-bond donors (Lipinski definition) is 2. The third-order valence-electron chi connectivity index (χ3n) is 1.50. The van der Waals surface area contributed by atoms with E-state index in [0.717, 1.165) is 5.69 Å². The van der Waals surface area contributed by atoms with Crippen LogP contribution in [0.5, 0.6) is 0 Å². The van der Waals surface area contributed by atoms with Crippen LogP contribution in [0, 0.1) is 0 Å². The number of nitrogens with zero attached hydrogens (tertiary/aromatic N) is 2. The molecule has 0 aliphatic carbocycles. The Kier molecular flexibility index (Phi) is 2.67. The lowest BCUT2D eigenvalue weighted by Crippen LogP contribution is -1.95. The summed E-state index contributed by atoms with van der Waals surface area (Å²) in [4.78, 5) is 0. The molecule has 0 aromatic carbocycles. The Balaban J connectivity index is 2.15. The topological polar surface area (TPSA) is 77.0 Å². The normalized spacial score (nSPS) is 10.4. The van der Waals surface area contributed by atoms with Crippen LogP contribution in [0.4, 0.5) is 11.7 Å². The number of nitrogens with one attached hydrogen (secondary N) is 1. The summed E-state index contributed by atoms with van der Waals surface area (Å²) in [5.41, 5.74) is 6.07. The molecule has 2 heterocycles. The second-order valence-corrected chi connectivity index (χ2v) is 3.96. The molecule has 2 rings (SSSR count). The van der Waals surface area contributed by atoms with E-state index in [4.69, 9.17) is 21.8 Å². The van der Waals surface area contributed by atoms with Crippen LogP contribution in [0.3, 0.4) is 0 Å². The molecule has 0 saturated carbocycles. The van der Waals surface area contributed by atoms with Crippen molar-refractivity contribution in [3.05, 3.63) is 21.7 Å². The number of rotatable bonds is 3. The van der Waals surface area contributed by atoms with Crippen molar-refractivity contribution in [2.24, 2.45) is 5.73 Å². The fourth-order valence-corrected chi connectivity index (χ4v) is 1.72. The highest BCUT2D eigenvalue weighted by molar-refractivity contribution is 7.15. The zero-order valence-electron chi connectivity index (χ0n) is 7.03. The van der Waals surface area contributed by atoms with Gasteiger partial charge < -0.3 is 15.5 Å². The summed E-state index contributed by atoms with van der Waals surface area (Å²) in [7, 11) is 0. The Bertz CT molecular complexity index is 427. The summed E-state index contributed by atoms with van der Waals surface area (Å²) in [6.07, 6.45) is 0. The molecule has 0 unspecified atom stereocenters. The van der Waals surface area contributed by atoms with Gasteiger partial charge in [0.25, 0.3) is 0 Å². The molecule has 5 nitrogen and oxygen atoms in total. The van der Waals surface area contributed by atoms with Crippen molar-refractivity contribution in [2.45, 2.75) is 6.54 Å². The first kappa shape index (κ1) is 9.45. The number of aromatic nitrogens is 2. The molecule has 3 N–H and O–H groups in total. The Hall–Kier alpha value is -1.11. The molecule has 0 atom stereocenters. The average molecular weight is 231 g/mol. The van der Waals surface area contributed by atoms with E-state index in [1.54, 1.807) is 0 Å². The highest BCUT2D eigenvalue weighted by Crippen LogP contribution is 2.29. The zero-order valence-corrected chi connectivity index (χ0v) is 8.60. The predicted molar refractivity (Wildman–Crippen MR) is 54.8 cm³/mol. The monoisotopic (exact) mass is 230 g/mol. The highest BCUT2D eigenvalue weighted by atomic mass is 35.5. The van der Waals surface area contributed by atoms with Crippen LogP contribution in [-0.4, -0.2) is 10.2 Å². The Morgan fingerprint density at radius 1 is 1.57 bits per heavy atom. The van der Waals surface area contributed by atoms with Crippen LogP contribution in [0.1, 0.15) is 5.89 Å². The lowest BCUT2D eigenvalue weighted by Gasteiger charge is -1.96. The molecule has 14 heavy (non-hydrogen) atoms. The molecule has 0 saturated heterocycles. The first-order valence-electron chi connectivity index (χ1n) is 3.82. The maximum absolute atomic E-state index is 5.87. The minimum absolute atomic E-state index is 0.228. The summed E-state index contributed by atoms with van der Waals surface area (Å²) in [5, 5.41) is 12.2. The quantitative estimate of drug-likeness (QED) is 0.843. The summed E-state index contributed by atoms with van der Waals surface area (Å²) in [6, 6.07) is 2.13. The van der Waals surface area contributed by atoms with Crippen molar-refractivity contribution in [3.63, 3.8) is 0 Å². The summed E-state index contributed by atoms with van der Waals surface area (Å²) < 4.78 is 5.80. The highest BCUT2D eigenvalue weighted by Gasteiger charge is 2.07. The van der Waals surface area contributed by atoms with E-state index in [0.29, 0.717) is 16.2 Å². The number of anilines is 2. The lowest BCUT2D eigenvalue weighted by atomic mass is 10.5. The van der Waals surface area contributed by atoms with Gasteiger partial charge in [0.2, 0.25) is 5.89 Å². The van der Waals surface area contributed by atoms with Crippen molar-refractivity contribution >= 4 is 34.6 Å². The van der Waals surface area contributed by atoms with Gasteiger partial charge in [0.1, 0.15) is 4.34 Å².